The molecule has 2 aromatic carbocycles. The molecule has 0 spiro atoms. The molecule has 4 heteroatoms. The van der Waals surface area contributed by atoms with Gasteiger partial charge in [0.25, 0.3) is 5.91 Å². The summed E-state index contributed by atoms with van der Waals surface area (Å²) >= 11 is 0. The van der Waals surface area contributed by atoms with Crippen LogP contribution < -0.4 is 10.1 Å². The van der Waals surface area contributed by atoms with Crippen LogP contribution in [0, 0.1) is 0 Å². The Kier molecular flexibility index (Phi) is 5.71. The molecule has 0 saturated carbocycles. The molecule has 0 bridgehead atoms. The van der Waals surface area contributed by atoms with Crippen LogP contribution in [0.15, 0.2) is 42.5 Å². The fourth-order valence-electron chi connectivity index (χ4n) is 3.12. The molecular weight excluding hydrogens is 312 g/mol. The van der Waals surface area contributed by atoms with E-state index in [1.54, 1.807) is 0 Å². The predicted octanol–water partition coefficient (Wildman–Crippen LogP) is 3.76. The average Bonchev–Trinajstić information content (AvgIpc) is 3.07. The Balaban J connectivity index is 1.53. The summed E-state index contributed by atoms with van der Waals surface area (Å²) in [7, 11) is 4.11. The van der Waals surface area contributed by atoms with Crippen molar-refractivity contribution in [2.45, 2.75) is 25.7 Å². The summed E-state index contributed by atoms with van der Waals surface area (Å²) in [6.45, 7) is 1.70. The van der Waals surface area contributed by atoms with Gasteiger partial charge >= 0.3 is 0 Å². The number of ether oxygens (including phenoxy) is 1. The molecule has 0 saturated heterocycles. The van der Waals surface area contributed by atoms with Crippen molar-refractivity contribution < 1.29 is 9.53 Å². The molecule has 0 radical (unpaired) electrons. The van der Waals surface area contributed by atoms with Crippen molar-refractivity contribution in [3.63, 3.8) is 0 Å². The number of aryl methyl sites for hydroxylation is 2. The van der Waals surface area contributed by atoms with E-state index in [1.807, 2.05) is 36.4 Å². The van der Waals surface area contributed by atoms with E-state index in [2.05, 4.69) is 30.4 Å². The number of nitrogens with one attached hydrogen (secondary N) is 1. The van der Waals surface area contributed by atoms with Gasteiger partial charge in [0.15, 0.2) is 0 Å². The van der Waals surface area contributed by atoms with Crippen LogP contribution in [0.5, 0.6) is 5.75 Å². The largest absolute Gasteiger partial charge is 0.494 e. The van der Waals surface area contributed by atoms with Gasteiger partial charge in [-0.3, -0.25) is 4.79 Å². The second-order valence-electron chi connectivity index (χ2n) is 6.82. The quantitative estimate of drug-likeness (QED) is 0.782. The standard InChI is InChI=1S/C21H26N2O2/c1-23(2)13-4-14-25-20-11-9-19(10-12-20)22-21(24)18-8-7-16-5-3-6-17(16)15-18/h7-12,15H,3-6,13-14H2,1-2H3,(H,22,24). The lowest BCUT2D eigenvalue weighted by atomic mass is 10.1. The Morgan fingerprint density at radius 2 is 1.84 bits per heavy atom. The maximum atomic E-state index is 12.4. The molecule has 4 nitrogen and oxygen atoms in total. The first-order chi connectivity index (χ1) is 12.1. The van der Waals surface area contributed by atoms with Crippen LogP contribution in [0.25, 0.3) is 0 Å². The van der Waals surface area contributed by atoms with Gasteiger partial charge in [-0.1, -0.05) is 6.07 Å². The SMILES string of the molecule is CN(C)CCCOc1ccc(NC(=O)c2ccc3c(c2)CCC3)cc1. The highest BCUT2D eigenvalue weighted by atomic mass is 16.5. The lowest BCUT2D eigenvalue weighted by Crippen LogP contribution is -2.15. The number of carbonyl (C=O) groups is 1. The first-order valence-corrected chi connectivity index (χ1v) is 8.92. The third-order valence-corrected chi connectivity index (χ3v) is 4.49. The van der Waals surface area contributed by atoms with E-state index in [4.69, 9.17) is 4.74 Å². The van der Waals surface area contributed by atoms with Crippen molar-refractivity contribution in [3.05, 3.63) is 59.2 Å². The van der Waals surface area contributed by atoms with Crippen molar-refractivity contribution >= 4 is 11.6 Å². The lowest BCUT2D eigenvalue weighted by molar-refractivity contribution is 0.102. The summed E-state index contributed by atoms with van der Waals surface area (Å²) in [4.78, 5) is 14.6. The maximum absolute atomic E-state index is 12.4. The fraction of sp³-hybridized carbons (Fsp3) is 0.381. The Bertz CT molecular complexity index is 723. The number of hydrogen-bond acceptors (Lipinski definition) is 3. The minimum Gasteiger partial charge on any atom is -0.494 e. The number of fused-ring (bicyclic) bond motifs is 1. The van der Waals surface area contributed by atoms with Gasteiger partial charge in [0.05, 0.1) is 6.61 Å². The molecule has 0 aromatic heterocycles. The molecule has 1 aliphatic rings. The zero-order chi connectivity index (χ0) is 17.6. The van der Waals surface area contributed by atoms with Crippen LogP contribution >= 0.6 is 0 Å². The van der Waals surface area contributed by atoms with E-state index in [-0.39, 0.29) is 5.91 Å². The number of anilines is 1. The summed E-state index contributed by atoms with van der Waals surface area (Å²) in [6, 6.07) is 13.6. The number of rotatable bonds is 7. The Hall–Kier alpha value is -2.33. The molecule has 0 atom stereocenters. The molecule has 1 amide bonds. The van der Waals surface area contributed by atoms with E-state index in [1.165, 1.54) is 17.5 Å². The zero-order valence-corrected chi connectivity index (χ0v) is 15.0. The summed E-state index contributed by atoms with van der Waals surface area (Å²) in [5.41, 5.74) is 4.21. The Labute approximate surface area is 149 Å². The van der Waals surface area contributed by atoms with Gasteiger partial charge in [-0.05, 0) is 87.3 Å². The number of nitrogens with zero attached hydrogens (tertiary/aromatic N) is 1. The van der Waals surface area contributed by atoms with Crippen LogP contribution in [0.1, 0.15) is 34.3 Å². The molecule has 3 rings (SSSR count). The third-order valence-electron chi connectivity index (χ3n) is 4.49. The van der Waals surface area contributed by atoms with Crippen molar-refractivity contribution in [2.24, 2.45) is 0 Å². The monoisotopic (exact) mass is 338 g/mol. The van der Waals surface area contributed by atoms with Gasteiger partial charge in [-0.2, -0.15) is 0 Å². The number of amides is 1. The third kappa shape index (κ3) is 4.83. The predicted molar refractivity (Wildman–Crippen MR) is 102 cm³/mol. The zero-order valence-electron chi connectivity index (χ0n) is 15.0. The van der Waals surface area contributed by atoms with Crippen LogP contribution in [-0.4, -0.2) is 38.1 Å². The molecule has 0 heterocycles. The van der Waals surface area contributed by atoms with Crippen molar-refractivity contribution in [1.82, 2.24) is 4.90 Å². The van der Waals surface area contributed by atoms with Crippen LogP contribution in [0.2, 0.25) is 0 Å². The highest BCUT2D eigenvalue weighted by molar-refractivity contribution is 6.04. The van der Waals surface area contributed by atoms with Gasteiger partial charge in [0.2, 0.25) is 0 Å². The second kappa shape index (κ2) is 8.17. The van der Waals surface area contributed by atoms with E-state index >= 15 is 0 Å². The fourth-order valence-corrected chi connectivity index (χ4v) is 3.12. The minimum absolute atomic E-state index is 0.0608. The molecule has 25 heavy (non-hydrogen) atoms. The first kappa shape index (κ1) is 17.5. The van der Waals surface area contributed by atoms with Crippen molar-refractivity contribution in [1.29, 1.82) is 0 Å². The van der Waals surface area contributed by atoms with Gasteiger partial charge in [-0.25, -0.2) is 0 Å². The summed E-state index contributed by atoms with van der Waals surface area (Å²) < 4.78 is 5.71. The lowest BCUT2D eigenvalue weighted by Gasteiger charge is -2.11. The number of hydrogen-bond donors (Lipinski definition) is 1. The summed E-state index contributed by atoms with van der Waals surface area (Å²) in [6.07, 6.45) is 4.39. The average molecular weight is 338 g/mol. The van der Waals surface area contributed by atoms with Crippen LogP contribution in [-0.2, 0) is 12.8 Å². The maximum Gasteiger partial charge on any atom is 0.255 e. The normalized spacial score (nSPS) is 12.9. The molecular formula is C21H26N2O2. The topological polar surface area (TPSA) is 41.6 Å². The van der Waals surface area contributed by atoms with Crippen molar-refractivity contribution in [2.75, 3.05) is 32.6 Å². The molecule has 132 valence electrons. The molecule has 1 aliphatic carbocycles. The Morgan fingerprint density at radius 1 is 1.08 bits per heavy atom. The van der Waals surface area contributed by atoms with Gasteiger partial charge in [0, 0.05) is 17.8 Å². The van der Waals surface area contributed by atoms with Crippen LogP contribution in [0.4, 0.5) is 5.69 Å². The summed E-state index contributed by atoms with van der Waals surface area (Å²) in [5.74, 6) is 0.767. The molecule has 0 aliphatic heterocycles. The minimum atomic E-state index is -0.0608. The number of carbonyl (C=O) groups excluding carboxylic acids is 1. The van der Waals surface area contributed by atoms with Crippen LogP contribution in [0.3, 0.4) is 0 Å². The molecule has 0 fully saturated rings. The van der Waals surface area contributed by atoms with Gasteiger partial charge < -0.3 is 15.0 Å². The first-order valence-electron chi connectivity index (χ1n) is 8.92. The molecule has 2 aromatic rings. The summed E-state index contributed by atoms with van der Waals surface area (Å²) in [5, 5.41) is 2.96. The van der Waals surface area contributed by atoms with E-state index in [0.717, 1.165) is 42.8 Å². The molecule has 0 unspecified atom stereocenters. The molecule has 1 N–H and O–H groups in total. The van der Waals surface area contributed by atoms with E-state index < -0.39 is 0 Å². The van der Waals surface area contributed by atoms with Gasteiger partial charge in [0.1, 0.15) is 5.75 Å². The number of benzene rings is 2. The van der Waals surface area contributed by atoms with Gasteiger partial charge in [-0.15, -0.1) is 0 Å². The van der Waals surface area contributed by atoms with E-state index in [0.29, 0.717) is 6.61 Å². The Morgan fingerprint density at radius 3 is 2.60 bits per heavy atom. The highest BCUT2D eigenvalue weighted by Crippen LogP contribution is 2.23. The smallest absolute Gasteiger partial charge is 0.255 e. The van der Waals surface area contributed by atoms with E-state index in [9.17, 15) is 4.79 Å². The van der Waals surface area contributed by atoms with Crippen molar-refractivity contribution in [3.8, 4) is 5.75 Å². The highest BCUT2D eigenvalue weighted by Gasteiger charge is 2.14. The second-order valence-corrected chi connectivity index (χ2v) is 6.82.